The van der Waals surface area contributed by atoms with Crippen LogP contribution in [0.25, 0.3) is 0 Å². The van der Waals surface area contributed by atoms with Crippen LogP contribution in [0.5, 0.6) is 0 Å². The molecule has 0 aromatic carbocycles. The molecule has 0 saturated carbocycles. The predicted octanol–water partition coefficient (Wildman–Crippen LogP) is 8.33. The lowest BCUT2D eigenvalue weighted by Crippen LogP contribution is -2.37. The molecule has 0 aliphatic carbocycles. The Morgan fingerprint density at radius 3 is 1.93 bits per heavy atom. The first-order chi connectivity index (χ1) is 12.7. The Morgan fingerprint density at radius 2 is 1.46 bits per heavy atom. The minimum atomic E-state index is 0.195. The van der Waals surface area contributed by atoms with Crippen molar-refractivity contribution in [3.05, 3.63) is 24.4 Å². The van der Waals surface area contributed by atoms with Gasteiger partial charge in [-0.1, -0.05) is 88.0 Å². The summed E-state index contributed by atoms with van der Waals surface area (Å²) in [5, 5.41) is 0. The molecule has 1 fully saturated rings. The van der Waals surface area contributed by atoms with Crippen molar-refractivity contribution in [2.24, 2.45) is 34.5 Å². The van der Waals surface area contributed by atoms with Crippen molar-refractivity contribution in [3.63, 3.8) is 0 Å². The molecule has 1 aliphatic heterocycles. The van der Waals surface area contributed by atoms with Gasteiger partial charge in [-0.2, -0.15) is 0 Å². The van der Waals surface area contributed by atoms with E-state index in [1.165, 1.54) is 37.1 Å². The van der Waals surface area contributed by atoms with Gasteiger partial charge in [-0.25, -0.2) is 0 Å². The van der Waals surface area contributed by atoms with Gasteiger partial charge in [0, 0.05) is 18.3 Å². The molecule has 0 aromatic rings. The zero-order valence-electron chi connectivity index (χ0n) is 21.0. The fraction of sp³-hybridized carbons (Fsp3) is 0.852. The van der Waals surface area contributed by atoms with Gasteiger partial charge in [0.2, 0.25) is 0 Å². The van der Waals surface area contributed by atoms with Crippen LogP contribution in [0.3, 0.4) is 0 Å². The van der Waals surface area contributed by atoms with E-state index in [9.17, 15) is 0 Å². The van der Waals surface area contributed by atoms with E-state index in [4.69, 9.17) is 0 Å². The fourth-order valence-electron chi connectivity index (χ4n) is 4.48. The van der Waals surface area contributed by atoms with Crippen LogP contribution in [0.15, 0.2) is 24.4 Å². The monoisotopic (exact) mass is 389 g/mol. The molecule has 1 heteroatoms. The minimum Gasteiger partial charge on any atom is -0.372 e. The van der Waals surface area contributed by atoms with Crippen LogP contribution in [-0.4, -0.2) is 17.5 Å². The van der Waals surface area contributed by atoms with Gasteiger partial charge in [-0.05, 0) is 66.6 Å². The van der Waals surface area contributed by atoms with Gasteiger partial charge in [0.15, 0.2) is 0 Å². The summed E-state index contributed by atoms with van der Waals surface area (Å²) < 4.78 is 0. The van der Waals surface area contributed by atoms with Crippen molar-refractivity contribution in [2.75, 3.05) is 6.54 Å². The van der Waals surface area contributed by atoms with Crippen LogP contribution < -0.4 is 0 Å². The quantitative estimate of drug-likeness (QED) is 0.321. The number of rotatable bonds is 11. The molecule has 1 heterocycles. The average molecular weight is 390 g/mol. The van der Waals surface area contributed by atoms with E-state index < -0.39 is 0 Å². The number of hydrogen-bond donors (Lipinski definition) is 0. The number of likely N-dealkylation sites (tertiary alicyclic amines) is 1. The summed E-state index contributed by atoms with van der Waals surface area (Å²) in [5.74, 6) is 2.92. The molecule has 2 atom stereocenters. The largest absolute Gasteiger partial charge is 0.372 e. The zero-order valence-corrected chi connectivity index (χ0v) is 21.0. The second kappa shape index (κ2) is 9.86. The van der Waals surface area contributed by atoms with Crippen LogP contribution in [0, 0.1) is 34.5 Å². The summed E-state index contributed by atoms with van der Waals surface area (Å²) >= 11 is 0. The topological polar surface area (TPSA) is 3.24 Å². The first-order valence-corrected chi connectivity index (χ1v) is 11.8. The highest BCUT2D eigenvalue weighted by atomic mass is 15.2. The molecule has 28 heavy (non-hydrogen) atoms. The Morgan fingerprint density at radius 1 is 0.929 bits per heavy atom. The van der Waals surface area contributed by atoms with Gasteiger partial charge in [-0.15, -0.1) is 0 Å². The SMILES string of the molecule is C=C(CC(C)(C)C(C)(C)CC(=C)N1CC(C(C)C)CC1CCC(C)C)C(C)C. The first-order valence-electron chi connectivity index (χ1n) is 11.8. The van der Waals surface area contributed by atoms with Crippen LogP contribution >= 0.6 is 0 Å². The molecular formula is C27H51N. The lowest BCUT2D eigenvalue weighted by molar-refractivity contribution is 0.0942. The van der Waals surface area contributed by atoms with Crippen LogP contribution in [0.1, 0.15) is 101 Å². The molecule has 1 rings (SSSR count). The van der Waals surface area contributed by atoms with Gasteiger partial charge in [0.05, 0.1) is 0 Å². The first kappa shape index (κ1) is 25.3. The van der Waals surface area contributed by atoms with E-state index in [1.54, 1.807) is 0 Å². The van der Waals surface area contributed by atoms with Gasteiger partial charge >= 0.3 is 0 Å². The van der Waals surface area contributed by atoms with E-state index in [2.05, 4.69) is 87.3 Å². The maximum absolute atomic E-state index is 4.62. The standard InChI is InChI=1S/C27H51N/c1-19(2)13-14-25-15-24(21(5)6)18-28(25)23(8)17-27(11,12)26(9,10)16-22(7)20(3)4/h19-21,24-25H,7-8,13-18H2,1-6,9-12H3. The Balaban J connectivity index is 2.89. The third-order valence-electron chi connectivity index (χ3n) is 7.84. The Bertz CT molecular complexity index is 520. The van der Waals surface area contributed by atoms with Crippen LogP contribution in [0.2, 0.25) is 0 Å². The van der Waals surface area contributed by atoms with E-state index >= 15 is 0 Å². The summed E-state index contributed by atoms with van der Waals surface area (Å²) in [6, 6.07) is 0.687. The summed E-state index contributed by atoms with van der Waals surface area (Å²) in [5.41, 5.74) is 3.15. The summed E-state index contributed by atoms with van der Waals surface area (Å²) in [6.45, 7) is 33.9. The third-order valence-corrected chi connectivity index (χ3v) is 7.84. The van der Waals surface area contributed by atoms with Crippen molar-refractivity contribution >= 4 is 0 Å². The molecule has 0 radical (unpaired) electrons. The second-order valence-corrected chi connectivity index (χ2v) is 12.0. The zero-order chi connectivity index (χ0) is 21.9. The summed E-state index contributed by atoms with van der Waals surface area (Å²) in [4.78, 5) is 2.70. The number of allylic oxidation sites excluding steroid dienone is 2. The third kappa shape index (κ3) is 6.67. The van der Waals surface area contributed by atoms with Crippen molar-refractivity contribution in [1.29, 1.82) is 0 Å². The van der Waals surface area contributed by atoms with E-state index in [0.29, 0.717) is 12.0 Å². The maximum atomic E-state index is 4.62. The lowest BCUT2D eigenvalue weighted by atomic mass is 9.62. The van der Waals surface area contributed by atoms with Crippen molar-refractivity contribution in [2.45, 2.75) is 107 Å². The molecular weight excluding hydrogens is 338 g/mol. The molecule has 164 valence electrons. The maximum Gasteiger partial charge on any atom is 0.0290 e. The average Bonchev–Trinajstić information content (AvgIpc) is 2.96. The highest BCUT2D eigenvalue weighted by Gasteiger charge is 2.40. The molecule has 1 nitrogen and oxygen atoms in total. The Hall–Kier alpha value is -0.720. The lowest BCUT2D eigenvalue weighted by Gasteiger charge is -2.45. The molecule has 1 aliphatic rings. The Labute approximate surface area is 178 Å². The molecule has 2 unspecified atom stereocenters. The van der Waals surface area contributed by atoms with E-state index in [1.807, 2.05) is 0 Å². The molecule has 0 N–H and O–H groups in total. The molecule has 0 spiro atoms. The van der Waals surface area contributed by atoms with Crippen LogP contribution in [-0.2, 0) is 0 Å². The number of hydrogen-bond acceptors (Lipinski definition) is 1. The molecule has 1 saturated heterocycles. The van der Waals surface area contributed by atoms with Crippen molar-refractivity contribution in [3.8, 4) is 0 Å². The van der Waals surface area contributed by atoms with Gasteiger partial charge in [-0.3, -0.25) is 0 Å². The molecule has 0 amide bonds. The normalized spacial score (nSPS) is 21.2. The Kier molecular flexibility index (Phi) is 8.91. The highest BCUT2D eigenvalue weighted by molar-refractivity contribution is 5.10. The van der Waals surface area contributed by atoms with E-state index in [0.717, 1.165) is 30.6 Å². The summed E-state index contributed by atoms with van der Waals surface area (Å²) in [6.07, 6.45) is 6.15. The molecule has 0 bridgehead atoms. The van der Waals surface area contributed by atoms with Crippen molar-refractivity contribution < 1.29 is 0 Å². The minimum absolute atomic E-state index is 0.195. The predicted molar refractivity (Wildman–Crippen MR) is 127 cm³/mol. The van der Waals surface area contributed by atoms with Gasteiger partial charge in [0.1, 0.15) is 0 Å². The second-order valence-electron chi connectivity index (χ2n) is 12.0. The van der Waals surface area contributed by atoms with E-state index in [-0.39, 0.29) is 10.8 Å². The van der Waals surface area contributed by atoms with Gasteiger partial charge < -0.3 is 4.90 Å². The smallest absolute Gasteiger partial charge is 0.0290 e. The fourth-order valence-corrected chi connectivity index (χ4v) is 4.48. The number of nitrogens with zero attached hydrogens (tertiary/aromatic N) is 1. The highest BCUT2D eigenvalue weighted by Crippen LogP contribution is 2.49. The summed E-state index contributed by atoms with van der Waals surface area (Å²) in [7, 11) is 0. The van der Waals surface area contributed by atoms with Gasteiger partial charge in [0.25, 0.3) is 0 Å². The molecule has 0 aromatic heterocycles. The van der Waals surface area contributed by atoms with Crippen molar-refractivity contribution in [1.82, 2.24) is 4.90 Å². The van der Waals surface area contributed by atoms with Crippen LogP contribution in [0.4, 0.5) is 0 Å².